The van der Waals surface area contributed by atoms with Gasteiger partial charge in [0.25, 0.3) is 0 Å². The SMILES string of the molecule is CNC1CCCCC1OCc1cc(Cl)cc2c1OCC2. The standard InChI is InChI=1S/C16H22ClNO2/c1-18-14-4-2-3-5-15(14)20-10-12-9-13(17)8-11-6-7-19-16(11)12/h8-9,14-15,18H,2-7,10H2,1H3. The van der Waals surface area contributed by atoms with Crippen LogP contribution < -0.4 is 10.1 Å². The largest absolute Gasteiger partial charge is 0.493 e. The van der Waals surface area contributed by atoms with Crippen LogP contribution >= 0.6 is 11.6 Å². The maximum absolute atomic E-state index is 6.18. The average molecular weight is 296 g/mol. The van der Waals surface area contributed by atoms with Crippen LogP contribution in [0.3, 0.4) is 0 Å². The molecule has 1 aromatic carbocycles. The summed E-state index contributed by atoms with van der Waals surface area (Å²) in [7, 11) is 2.02. The van der Waals surface area contributed by atoms with E-state index in [4.69, 9.17) is 21.1 Å². The minimum atomic E-state index is 0.296. The average Bonchev–Trinajstić information content (AvgIpc) is 2.93. The molecule has 2 atom stereocenters. The van der Waals surface area contributed by atoms with E-state index in [1.807, 2.05) is 19.2 Å². The molecule has 0 aromatic heterocycles. The monoisotopic (exact) mass is 295 g/mol. The van der Waals surface area contributed by atoms with Gasteiger partial charge in [-0.25, -0.2) is 0 Å². The van der Waals surface area contributed by atoms with Crippen LogP contribution in [0.15, 0.2) is 12.1 Å². The Kier molecular flexibility index (Phi) is 4.49. The molecule has 110 valence electrons. The molecule has 1 heterocycles. The highest BCUT2D eigenvalue weighted by molar-refractivity contribution is 6.30. The van der Waals surface area contributed by atoms with Gasteiger partial charge in [0.05, 0.1) is 19.3 Å². The zero-order valence-electron chi connectivity index (χ0n) is 12.0. The lowest BCUT2D eigenvalue weighted by Gasteiger charge is -2.31. The van der Waals surface area contributed by atoms with Crippen LogP contribution in [0.4, 0.5) is 0 Å². The van der Waals surface area contributed by atoms with Crippen molar-refractivity contribution in [3.8, 4) is 5.75 Å². The minimum Gasteiger partial charge on any atom is -0.493 e. The molecule has 0 bridgehead atoms. The molecule has 0 spiro atoms. The Labute approximate surface area is 125 Å². The van der Waals surface area contributed by atoms with Crippen molar-refractivity contribution in [1.82, 2.24) is 5.32 Å². The third-order valence-corrected chi connectivity index (χ3v) is 4.57. The molecule has 4 heteroatoms. The molecule has 2 aliphatic rings. The first kappa shape index (κ1) is 14.2. The number of fused-ring (bicyclic) bond motifs is 1. The Morgan fingerprint density at radius 1 is 1.35 bits per heavy atom. The molecule has 1 fully saturated rings. The summed E-state index contributed by atoms with van der Waals surface area (Å²) in [6.45, 7) is 1.34. The van der Waals surface area contributed by atoms with Crippen molar-refractivity contribution < 1.29 is 9.47 Å². The number of halogens is 1. The van der Waals surface area contributed by atoms with E-state index < -0.39 is 0 Å². The molecule has 1 saturated carbocycles. The number of hydrogen-bond donors (Lipinski definition) is 1. The maximum Gasteiger partial charge on any atom is 0.128 e. The molecule has 0 saturated heterocycles. The fourth-order valence-electron chi connectivity index (χ4n) is 3.28. The first-order chi connectivity index (χ1) is 9.78. The van der Waals surface area contributed by atoms with Gasteiger partial charge in [0, 0.05) is 23.0 Å². The summed E-state index contributed by atoms with van der Waals surface area (Å²) in [5, 5.41) is 4.15. The molecule has 0 amide bonds. The van der Waals surface area contributed by atoms with E-state index in [1.54, 1.807) is 0 Å². The Bertz CT molecular complexity index is 478. The highest BCUT2D eigenvalue weighted by atomic mass is 35.5. The highest BCUT2D eigenvalue weighted by Gasteiger charge is 2.25. The Hall–Kier alpha value is -0.770. The lowest BCUT2D eigenvalue weighted by atomic mass is 9.92. The van der Waals surface area contributed by atoms with Gasteiger partial charge < -0.3 is 14.8 Å². The van der Waals surface area contributed by atoms with Crippen LogP contribution in [0.2, 0.25) is 5.02 Å². The zero-order chi connectivity index (χ0) is 13.9. The first-order valence-electron chi connectivity index (χ1n) is 7.51. The normalized spacial score (nSPS) is 25.3. The van der Waals surface area contributed by atoms with Gasteiger partial charge in [0.15, 0.2) is 0 Å². The van der Waals surface area contributed by atoms with Gasteiger partial charge in [-0.3, -0.25) is 0 Å². The fraction of sp³-hybridized carbons (Fsp3) is 0.625. The topological polar surface area (TPSA) is 30.5 Å². The second kappa shape index (κ2) is 6.33. The molecular weight excluding hydrogens is 274 g/mol. The van der Waals surface area contributed by atoms with Crippen LogP contribution in [0.1, 0.15) is 36.8 Å². The predicted octanol–water partition coefficient (Wildman–Crippen LogP) is 3.32. The summed E-state index contributed by atoms with van der Waals surface area (Å²) < 4.78 is 11.9. The summed E-state index contributed by atoms with van der Waals surface area (Å²) in [5.74, 6) is 0.992. The Balaban J connectivity index is 1.69. The number of ether oxygens (including phenoxy) is 2. The summed E-state index contributed by atoms with van der Waals surface area (Å²) >= 11 is 6.18. The van der Waals surface area contributed by atoms with E-state index >= 15 is 0 Å². The van der Waals surface area contributed by atoms with Crippen LogP contribution in [0.5, 0.6) is 5.75 Å². The molecule has 1 N–H and O–H groups in total. The number of rotatable bonds is 4. The van der Waals surface area contributed by atoms with Gasteiger partial charge in [0.1, 0.15) is 5.75 Å². The van der Waals surface area contributed by atoms with Gasteiger partial charge in [-0.05, 0) is 37.6 Å². The molecule has 1 aromatic rings. The van der Waals surface area contributed by atoms with E-state index in [2.05, 4.69) is 5.32 Å². The van der Waals surface area contributed by atoms with E-state index in [1.165, 1.54) is 24.8 Å². The molecule has 2 unspecified atom stereocenters. The van der Waals surface area contributed by atoms with Crippen LogP contribution in [-0.4, -0.2) is 25.8 Å². The van der Waals surface area contributed by atoms with Crippen LogP contribution in [-0.2, 0) is 17.8 Å². The van der Waals surface area contributed by atoms with Crippen molar-refractivity contribution in [3.63, 3.8) is 0 Å². The lowest BCUT2D eigenvalue weighted by Crippen LogP contribution is -2.41. The number of likely N-dealkylation sites (N-methyl/N-ethyl adjacent to an activating group) is 1. The number of nitrogens with one attached hydrogen (secondary N) is 1. The molecule has 1 aliphatic carbocycles. The summed E-state index contributed by atoms with van der Waals surface area (Å²) in [5.41, 5.74) is 2.30. The van der Waals surface area contributed by atoms with Crippen molar-refractivity contribution in [2.45, 2.75) is 50.9 Å². The zero-order valence-corrected chi connectivity index (χ0v) is 12.7. The highest BCUT2D eigenvalue weighted by Crippen LogP contribution is 2.34. The van der Waals surface area contributed by atoms with Crippen LogP contribution in [0, 0.1) is 0 Å². The van der Waals surface area contributed by atoms with E-state index in [-0.39, 0.29) is 0 Å². The number of benzene rings is 1. The van der Waals surface area contributed by atoms with E-state index in [0.29, 0.717) is 18.8 Å². The van der Waals surface area contributed by atoms with Crippen LogP contribution in [0.25, 0.3) is 0 Å². The first-order valence-corrected chi connectivity index (χ1v) is 7.88. The Morgan fingerprint density at radius 3 is 3.05 bits per heavy atom. The summed E-state index contributed by atoms with van der Waals surface area (Å²) in [6.07, 6.45) is 6.13. The van der Waals surface area contributed by atoms with Crippen molar-refractivity contribution in [2.24, 2.45) is 0 Å². The van der Waals surface area contributed by atoms with Gasteiger partial charge in [-0.2, -0.15) is 0 Å². The minimum absolute atomic E-state index is 0.296. The molecule has 3 rings (SSSR count). The third kappa shape index (κ3) is 2.95. The van der Waals surface area contributed by atoms with Crippen molar-refractivity contribution in [3.05, 3.63) is 28.3 Å². The van der Waals surface area contributed by atoms with Crippen molar-refractivity contribution >= 4 is 11.6 Å². The Morgan fingerprint density at radius 2 is 2.20 bits per heavy atom. The van der Waals surface area contributed by atoms with E-state index in [9.17, 15) is 0 Å². The van der Waals surface area contributed by atoms with Gasteiger partial charge in [-0.1, -0.05) is 24.4 Å². The summed E-state index contributed by atoms with van der Waals surface area (Å²) in [6, 6.07) is 4.45. The third-order valence-electron chi connectivity index (χ3n) is 4.35. The molecule has 20 heavy (non-hydrogen) atoms. The smallest absolute Gasteiger partial charge is 0.128 e. The quantitative estimate of drug-likeness (QED) is 0.924. The molecule has 1 aliphatic heterocycles. The maximum atomic E-state index is 6.18. The van der Waals surface area contributed by atoms with Gasteiger partial charge in [0.2, 0.25) is 0 Å². The van der Waals surface area contributed by atoms with Crippen molar-refractivity contribution in [1.29, 1.82) is 0 Å². The second-order valence-electron chi connectivity index (χ2n) is 5.68. The predicted molar refractivity (Wildman–Crippen MR) is 80.5 cm³/mol. The van der Waals surface area contributed by atoms with E-state index in [0.717, 1.165) is 35.8 Å². The molecule has 0 radical (unpaired) electrons. The molecule has 3 nitrogen and oxygen atoms in total. The van der Waals surface area contributed by atoms with Gasteiger partial charge >= 0.3 is 0 Å². The fourth-order valence-corrected chi connectivity index (χ4v) is 3.54. The lowest BCUT2D eigenvalue weighted by molar-refractivity contribution is -0.00429. The molecular formula is C16H22ClNO2. The van der Waals surface area contributed by atoms with Crippen molar-refractivity contribution in [2.75, 3.05) is 13.7 Å². The van der Waals surface area contributed by atoms with Gasteiger partial charge in [-0.15, -0.1) is 0 Å². The second-order valence-corrected chi connectivity index (χ2v) is 6.12. The number of hydrogen-bond acceptors (Lipinski definition) is 3. The summed E-state index contributed by atoms with van der Waals surface area (Å²) in [4.78, 5) is 0.